The summed E-state index contributed by atoms with van der Waals surface area (Å²) >= 11 is 12.3. The molecular formula is C20H18Cl2N2O2. The lowest BCUT2D eigenvalue weighted by Gasteiger charge is -2.15. The molecule has 6 heteroatoms. The largest absolute Gasteiger partial charge is 0.441 e. The molecule has 0 radical (unpaired) electrons. The second-order valence-corrected chi connectivity index (χ2v) is 6.72. The van der Waals surface area contributed by atoms with Crippen LogP contribution in [0.1, 0.15) is 30.8 Å². The first-order valence-electron chi connectivity index (χ1n) is 8.28. The predicted molar refractivity (Wildman–Crippen MR) is 103 cm³/mol. The van der Waals surface area contributed by atoms with E-state index in [9.17, 15) is 4.79 Å². The van der Waals surface area contributed by atoms with Gasteiger partial charge in [-0.05, 0) is 30.7 Å². The van der Waals surface area contributed by atoms with Crippen LogP contribution in [0.5, 0.6) is 0 Å². The molecule has 4 nitrogen and oxygen atoms in total. The Balaban J connectivity index is 1.57. The van der Waals surface area contributed by atoms with Crippen molar-refractivity contribution >= 4 is 29.1 Å². The molecule has 0 saturated heterocycles. The van der Waals surface area contributed by atoms with Gasteiger partial charge in [0.2, 0.25) is 5.91 Å². The van der Waals surface area contributed by atoms with Crippen molar-refractivity contribution in [3.63, 3.8) is 0 Å². The van der Waals surface area contributed by atoms with Crippen LogP contribution in [-0.2, 0) is 11.2 Å². The molecule has 0 saturated carbocycles. The van der Waals surface area contributed by atoms with Crippen LogP contribution in [0.3, 0.4) is 0 Å². The molecule has 0 bridgehead atoms. The van der Waals surface area contributed by atoms with Crippen LogP contribution in [0.25, 0.3) is 11.3 Å². The van der Waals surface area contributed by atoms with Gasteiger partial charge in [0.1, 0.15) is 0 Å². The van der Waals surface area contributed by atoms with E-state index in [1.54, 1.807) is 12.3 Å². The van der Waals surface area contributed by atoms with E-state index in [0.29, 0.717) is 28.1 Å². The van der Waals surface area contributed by atoms with Gasteiger partial charge in [-0.3, -0.25) is 4.79 Å². The van der Waals surface area contributed by atoms with Gasteiger partial charge >= 0.3 is 0 Å². The van der Waals surface area contributed by atoms with Crippen molar-refractivity contribution in [3.05, 3.63) is 76.2 Å². The summed E-state index contributed by atoms with van der Waals surface area (Å²) in [7, 11) is 0. The fourth-order valence-corrected chi connectivity index (χ4v) is 3.18. The number of aromatic nitrogens is 1. The van der Waals surface area contributed by atoms with Gasteiger partial charge in [-0.2, -0.15) is 0 Å². The van der Waals surface area contributed by atoms with E-state index in [-0.39, 0.29) is 18.4 Å². The number of carbonyl (C=O) groups is 1. The fourth-order valence-electron chi connectivity index (χ4n) is 2.65. The van der Waals surface area contributed by atoms with Gasteiger partial charge in [-0.15, -0.1) is 0 Å². The van der Waals surface area contributed by atoms with E-state index >= 15 is 0 Å². The molecule has 1 amide bonds. The molecule has 0 spiro atoms. The molecule has 1 atom stereocenters. The van der Waals surface area contributed by atoms with Crippen molar-refractivity contribution in [2.45, 2.75) is 25.8 Å². The van der Waals surface area contributed by atoms with E-state index < -0.39 is 0 Å². The van der Waals surface area contributed by atoms with Crippen LogP contribution in [0.15, 0.2) is 59.1 Å². The number of rotatable bonds is 6. The van der Waals surface area contributed by atoms with Gasteiger partial charge in [0.15, 0.2) is 11.7 Å². The zero-order chi connectivity index (χ0) is 18.5. The number of carbonyl (C=O) groups excluding carboxylic acids is 1. The summed E-state index contributed by atoms with van der Waals surface area (Å²) in [5.41, 5.74) is 1.67. The number of nitrogens with one attached hydrogen (secondary N) is 1. The maximum absolute atomic E-state index is 12.2. The summed E-state index contributed by atoms with van der Waals surface area (Å²) in [6.45, 7) is 1.90. The standard InChI is InChI=1S/C20H18Cl2N2O2/c1-13(14-6-2-4-8-16(14)21)24-19(25)10-11-20-23-12-18(26-20)15-7-3-5-9-17(15)22/h2-9,12-13H,10-11H2,1H3,(H,24,25). The Morgan fingerprint density at radius 2 is 1.81 bits per heavy atom. The lowest BCUT2D eigenvalue weighted by molar-refractivity contribution is -0.121. The summed E-state index contributed by atoms with van der Waals surface area (Å²) in [6, 6.07) is 14.7. The Labute approximate surface area is 162 Å². The van der Waals surface area contributed by atoms with Crippen LogP contribution < -0.4 is 5.32 Å². The number of nitrogens with zero attached hydrogens (tertiary/aromatic N) is 1. The molecule has 134 valence electrons. The first-order valence-corrected chi connectivity index (χ1v) is 9.03. The molecule has 1 heterocycles. The third-order valence-corrected chi connectivity index (χ3v) is 4.68. The smallest absolute Gasteiger partial charge is 0.220 e. The zero-order valence-corrected chi connectivity index (χ0v) is 15.7. The van der Waals surface area contributed by atoms with Gasteiger partial charge < -0.3 is 9.73 Å². The van der Waals surface area contributed by atoms with Crippen LogP contribution in [0, 0.1) is 0 Å². The molecule has 0 aliphatic heterocycles. The summed E-state index contributed by atoms with van der Waals surface area (Å²) in [5.74, 6) is 1.01. The van der Waals surface area contributed by atoms with E-state index in [2.05, 4.69) is 10.3 Å². The van der Waals surface area contributed by atoms with Crippen LogP contribution in [0.4, 0.5) is 0 Å². The van der Waals surface area contributed by atoms with Crippen molar-refractivity contribution in [1.82, 2.24) is 10.3 Å². The second-order valence-electron chi connectivity index (χ2n) is 5.91. The van der Waals surface area contributed by atoms with Crippen molar-refractivity contribution in [1.29, 1.82) is 0 Å². The van der Waals surface area contributed by atoms with Crippen molar-refractivity contribution in [3.8, 4) is 11.3 Å². The highest BCUT2D eigenvalue weighted by Crippen LogP contribution is 2.28. The minimum Gasteiger partial charge on any atom is -0.441 e. The topological polar surface area (TPSA) is 55.1 Å². The first-order chi connectivity index (χ1) is 12.5. The molecule has 0 fully saturated rings. The lowest BCUT2D eigenvalue weighted by atomic mass is 10.1. The third-order valence-electron chi connectivity index (χ3n) is 4.01. The van der Waals surface area contributed by atoms with Gasteiger partial charge in [-0.1, -0.05) is 53.5 Å². The molecule has 3 aromatic rings. The molecular weight excluding hydrogens is 371 g/mol. The number of aryl methyl sites for hydroxylation is 1. The van der Waals surface area contributed by atoms with Gasteiger partial charge in [0.25, 0.3) is 0 Å². The van der Waals surface area contributed by atoms with E-state index in [4.69, 9.17) is 27.6 Å². The highest BCUT2D eigenvalue weighted by atomic mass is 35.5. The molecule has 0 aliphatic carbocycles. The number of hydrogen-bond acceptors (Lipinski definition) is 3. The Morgan fingerprint density at radius 1 is 1.12 bits per heavy atom. The molecule has 1 unspecified atom stereocenters. The van der Waals surface area contributed by atoms with Crippen LogP contribution >= 0.6 is 23.2 Å². The Bertz CT molecular complexity index is 908. The minimum atomic E-state index is -0.167. The Morgan fingerprint density at radius 3 is 2.54 bits per heavy atom. The Hall–Kier alpha value is -2.30. The van der Waals surface area contributed by atoms with Gasteiger partial charge in [0.05, 0.1) is 17.3 Å². The summed E-state index contributed by atoms with van der Waals surface area (Å²) in [6.07, 6.45) is 2.31. The molecule has 3 rings (SSSR count). The average Bonchev–Trinajstić information content (AvgIpc) is 3.09. The van der Waals surface area contributed by atoms with Crippen LogP contribution in [-0.4, -0.2) is 10.9 Å². The normalized spacial score (nSPS) is 12.0. The van der Waals surface area contributed by atoms with Crippen molar-refractivity contribution in [2.24, 2.45) is 0 Å². The maximum Gasteiger partial charge on any atom is 0.220 e. The van der Waals surface area contributed by atoms with Gasteiger partial charge in [0, 0.05) is 23.4 Å². The SMILES string of the molecule is CC(NC(=O)CCc1ncc(-c2ccccc2Cl)o1)c1ccccc1Cl. The van der Waals surface area contributed by atoms with Crippen LogP contribution in [0.2, 0.25) is 10.0 Å². The molecule has 26 heavy (non-hydrogen) atoms. The Kier molecular flexibility index (Phi) is 5.96. The number of oxazole rings is 1. The third kappa shape index (κ3) is 4.45. The molecule has 1 N–H and O–H groups in total. The van der Waals surface area contributed by atoms with E-state index in [1.807, 2.05) is 49.4 Å². The van der Waals surface area contributed by atoms with E-state index in [1.165, 1.54) is 0 Å². The summed E-state index contributed by atoms with van der Waals surface area (Å²) < 4.78 is 5.71. The highest BCUT2D eigenvalue weighted by Gasteiger charge is 2.14. The number of halogens is 2. The van der Waals surface area contributed by atoms with Gasteiger partial charge in [-0.25, -0.2) is 4.98 Å². The summed E-state index contributed by atoms with van der Waals surface area (Å²) in [4.78, 5) is 16.4. The monoisotopic (exact) mass is 388 g/mol. The van der Waals surface area contributed by atoms with Crippen molar-refractivity contribution < 1.29 is 9.21 Å². The molecule has 1 aromatic heterocycles. The van der Waals surface area contributed by atoms with Crippen molar-refractivity contribution in [2.75, 3.05) is 0 Å². The number of amides is 1. The number of benzene rings is 2. The average molecular weight is 389 g/mol. The summed E-state index contributed by atoms with van der Waals surface area (Å²) in [5, 5.41) is 4.18. The predicted octanol–water partition coefficient (Wildman–Crippen LogP) is 5.46. The van der Waals surface area contributed by atoms with E-state index in [0.717, 1.165) is 11.1 Å². The zero-order valence-electron chi connectivity index (χ0n) is 14.2. The minimum absolute atomic E-state index is 0.0880. The first kappa shape index (κ1) is 18.5. The quantitative estimate of drug-likeness (QED) is 0.609. The maximum atomic E-state index is 12.2. The molecule has 2 aromatic carbocycles. The molecule has 0 aliphatic rings. The second kappa shape index (κ2) is 8.39. The number of hydrogen-bond donors (Lipinski definition) is 1. The lowest BCUT2D eigenvalue weighted by Crippen LogP contribution is -2.27. The fraction of sp³-hybridized carbons (Fsp3) is 0.200. The highest BCUT2D eigenvalue weighted by molar-refractivity contribution is 6.33.